The van der Waals surface area contributed by atoms with Crippen molar-refractivity contribution in [3.05, 3.63) is 58.3 Å². The minimum atomic E-state index is -0.522. The lowest BCUT2D eigenvalue weighted by molar-refractivity contribution is -0.385. The van der Waals surface area contributed by atoms with E-state index in [0.29, 0.717) is 11.6 Å². The third-order valence-corrected chi connectivity index (χ3v) is 2.96. The zero-order chi connectivity index (χ0) is 18.9. The van der Waals surface area contributed by atoms with Crippen LogP contribution in [0.3, 0.4) is 0 Å². The van der Waals surface area contributed by atoms with Crippen LogP contribution in [-0.4, -0.2) is 34.8 Å². The van der Waals surface area contributed by atoms with Gasteiger partial charge in [0.15, 0.2) is 6.61 Å². The van der Waals surface area contributed by atoms with E-state index < -0.39 is 10.9 Å². The summed E-state index contributed by atoms with van der Waals surface area (Å²) in [7, 11) is 0. The SMILES string of the molecule is CC(C)OC(=O)COc1ccc(C=NNc2ccc([N+](=O)[O-])cn2)cc1. The Balaban J connectivity index is 1.83. The average Bonchev–Trinajstić information content (AvgIpc) is 2.61. The number of carbonyl (C=O) groups excluding carboxylic acids is 1. The van der Waals surface area contributed by atoms with Crippen LogP contribution in [-0.2, 0) is 9.53 Å². The fourth-order valence-corrected chi connectivity index (χ4v) is 1.82. The first-order valence-electron chi connectivity index (χ1n) is 7.76. The maximum atomic E-state index is 11.4. The number of ether oxygens (including phenoxy) is 2. The minimum Gasteiger partial charge on any atom is -0.482 e. The molecule has 1 aromatic heterocycles. The molecule has 1 heterocycles. The maximum Gasteiger partial charge on any atom is 0.344 e. The highest BCUT2D eigenvalue weighted by Crippen LogP contribution is 2.13. The van der Waals surface area contributed by atoms with Gasteiger partial charge in [-0.2, -0.15) is 5.10 Å². The summed E-state index contributed by atoms with van der Waals surface area (Å²) in [5, 5.41) is 14.5. The Morgan fingerprint density at radius 2 is 2.04 bits per heavy atom. The molecule has 0 atom stereocenters. The third-order valence-electron chi connectivity index (χ3n) is 2.96. The zero-order valence-corrected chi connectivity index (χ0v) is 14.3. The van der Waals surface area contributed by atoms with Gasteiger partial charge in [0, 0.05) is 6.07 Å². The fourth-order valence-electron chi connectivity index (χ4n) is 1.82. The molecule has 2 rings (SSSR count). The third kappa shape index (κ3) is 6.19. The number of hydrogen-bond acceptors (Lipinski definition) is 8. The number of carbonyl (C=O) groups is 1. The molecule has 0 fully saturated rings. The molecule has 0 saturated carbocycles. The summed E-state index contributed by atoms with van der Waals surface area (Å²) in [5.41, 5.74) is 3.37. The lowest BCUT2D eigenvalue weighted by Crippen LogP contribution is -2.18. The van der Waals surface area contributed by atoms with E-state index in [1.54, 1.807) is 44.3 Å². The summed E-state index contributed by atoms with van der Waals surface area (Å²) >= 11 is 0. The highest BCUT2D eigenvalue weighted by Gasteiger charge is 2.06. The molecule has 1 aromatic carbocycles. The number of hydrogen-bond donors (Lipinski definition) is 1. The number of anilines is 1. The Morgan fingerprint density at radius 3 is 2.62 bits per heavy atom. The van der Waals surface area contributed by atoms with Gasteiger partial charge in [0.1, 0.15) is 17.8 Å². The lowest BCUT2D eigenvalue weighted by Gasteiger charge is -2.09. The van der Waals surface area contributed by atoms with Gasteiger partial charge in [-0.05, 0) is 49.7 Å². The van der Waals surface area contributed by atoms with Crippen molar-refractivity contribution in [3.63, 3.8) is 0 Å². The highest BCUT2D eigenvalue weighted by atomic mass is 16.6. The predicted octanol–water partition coefficient (Wildman–Crippen LogP) is 2.77. The Labute approximate surface area is 149 Å². The molecule has 0 spiro atoms. The van der Waals surface area contributed by atoms with Crippen LogP contribution in [0.2, 0.25) is 0 Å². The highest BCUT2D eigenvalue weighted by molar-refractivity contribution is 5.80. The number of hydrazone groups is 1. The maximum absolute atomic E-state index is 11.4. The van der Waals surface area contributed by atoms with Crippen LogP contribution in [0.4, 0.5) is 11.5 Å². The molecule has 0 aliphatic rings. The van der Waals surface area contributed by atoms with Crippen molar-refractivity contribution in [2.75, 3.05) is 12.0 Å². The van der Waals surface area contributed by atoms with Gasteiger partial charge < -0.3 is 9.47 Å². The van der Waals surface area contributed by atoms with Crippen LogP contribution in [0.1, 0.15) is 19.4 Å². The van der Waals surface area contributed by atoms with Crippen molar-refractivity contribution in [1.82, 2.24) is 4.98 Å². The topological polar surface area (TPSA) is 116 Å². The minimum absolute atomic E-state index is 0.0904. The monoisotopic (exact) mass is 358 g/mol. The first kappa shape index (κ1) is 18.8. The normalized spacial score (nSPS) is 10.7. The van der Waals surface area contributed by atoms with E-state index in [4.69, 9.17) is 9.47 Å². The van der Waals surface area contributed by atoms with Crippen LogP contribution in [0.5, 0.6) is 5.75 Å². The smallest absolute Gasteiger partial charge is 0.344 e. The summed E-state index contributed by atoms with van der Waals surface area (Å²) in [6, 6.07) is 9.72. The van der Waals surface area contributed by atoms with Gasteiger partial charge in [0.25, 0.3) is 5.69 Å². The first-order chi connectivity index (χ1) is 12.4. The molecule has 26 heavy (non-hydrogen) atoms. The van der Waals surface area contributed by atoms with Crippen LogP contribution < -0.4 is 10.2 Å². The molecule has 0 bridgehead atoms. The number of esters is 1. The molecule has 0 saturated heterocycles. The molecule has 9 heteroatoms. The molecule has 0 aliphatic heterocycles. The van der Waals surface area contributed by atoms with E-state index in [9.17, 15) is 14.9 Å². The molecule has 0 aliphatic carbocycles. The Morgan fingerprint density at radius 1 is 1.31 bits per heavy atom. The van der Waals surface area contributed by atoms with E-state index in [-0.39, 0.29) is 18.4 Å². The van der Waals surface area contributed by atoms with Crippen LogP contribution in [0, 0.1) is 10.1 Å². The van der Waals surface area contributed by atoms with Gasteiger partial charge in [0.2, 0.25) is 0 Å². The van der Waals surface area contributed by atoms with Crippen molar-refractivity contribution in [2.24, 2.45) is 5.10 Å². The standard InChI is InChI=1S/C17H18N4O5/c1-12(2)26-17(22)11-25-15-6-3-13(4-7-15)9-19-20-16-8-5-14(10-18-16)21(23)24/h3-10,12H,11H2,1-2H3,(H,18,20). The Kier molecular flexibility index (Phi) is 6.60. The number of nitro groups is 1. The molecular weight excluding hydrogens is 340 g/mol. The van der Waals surface area contributed by atoms with E-state index >= 15 is 0 Å². The number of benzene rings is 1. The summed E-state index contributed by atoms with van der Waals surface area (Å²) < 4.78 is 10.3. The number of rotatable bonds is 8. The second-order valence-corrected chi connectivity index (χ2v) is 5.43. The first-order valence-corrected chi connectivity index (χ1v) is 7.76. The fraction of sp³-hybridized carbons (Fsp3) is 0.235. The number of nitrogens with one attached hydrogen (secondary N) is 1. The molecule has 0 radical (unpaired) electrons. The largest absolute Gasteiger partial charge is 0.482 e. The average molecular weight is 358 g/mol. The molecule has 136 valence electrons. The number of aromatic nitrogens is 1. The van der Waals surface area contributed by atoms with Crippen LogP contribution in [0.15, 0.2) is 47.7 Å². The quantitative estimate of drug-likeness (QED) is 0.334. The molecular formula is C17H18N4O5. The van der Waals surface area contributed by atoms with E-state index in [1.165, 1.54) is 12.1 Å². The summed E-state index contributed by atoms with van der Waals surface area (Å²) in [6.45, 7) is 3.39. The van der Waals surface area contributed by atoms with Crippen LogP contribution in [0.25, 0.3) is 0 Å². The van der Waals surface area contributed by atoms with Gasteiger partial charge in [-0.3, -0.25) is 15.5 Å². The van der Waals surface area contributed by atoms with Gasteiger partial charge in [0.05, 0.1) is 17.2 Å². The number of nitrogens with zero attached hydrogens (tertiary/aromatic N) is 3. The lowest BCUT2D eigenvalue weighted by atomic mass is 10.2. The van der Waals surface area contributed by atoms with Crippen molar-refractivity contribution in [3.8, 4) is 5.75 Å². The Hall–Kier alpha value is -3.49. The summed E-state index contributed by atoms with van der Waals surface area (Å²) in [6.07, 6.45) is 2.52. The second-order valence-electron chi connectivity index (χ2n) is 5.43. The van der Waals surface area contributed by atoms with Gasteiger partial charge in [-0.1, -0.05) is 0 Å². The van der Waals surface area contributed by atoms with Crippen molar-refractivity contribution in [1.29, 1.82) is 0 Å². The Bertz CT molecular complexity index is 773. The van der Waals surface area contributed by atoms with Crippen molar-refractivity contribution >= 4 is 23.7 Å². The van der Waals surface area contributed by atoms with Gasteiger partial charge >= 0.3 is 5.97 Å². The molecule has 1 N–H and O–H groups in total. The molecule has 2 aromatic rings. The predicted molar refractivity (Wildman–Crippen MR) is 95.3 cm³/mol. The van der Waals surface area contributed by atoms with E-state index in [0.717, 1.165) is 11.8 Å². The van der Waals surface area contributed by atoms with Crippen molar-refractivity contribution < 1.29 is 19.2 Å². The summed E-state index contributed by atoms with van der Waals surface area (Å²) in [5.74, 6) is 0.494. The number of pyridine rings is 1. The second kappa shape index (κ2) is 9.11. The van der Waals surface area contributed by atoms with E-state index in [1.807, 2.05) is 0 Å². The summed E-state index contributed by atoms with van der Waals surface area (Å²) in [4.78, 5) is 25.3. The molecule has 0 amide bonds. The van der Waals surface area contributed by atoms with Crippen molar-refractivity contribution in [2.45, 2.75) is 20.0 Å². The molecule has 9 nitrogen and oxygen atoms in total. The molecule has 0 unspecified atom stereocenters. The van der Waals surface area contributed by atoms with E-state index in [2.05, 4.69) is 15.5 Å². The zero-order valence-electron chi connectivity index (χ0n) is 14.3. The van der Waals surface area contributed by atoms with Gasteiger partial charge in [-0.15, -0.1) is 0 Å². The van der Waals surface area contributed by atoms with Gasteiger partial charge in [-0.25, -0.2) is 9.78 Å². The van der Waals surface area contributed by atoms with Crippen LogP contribution >= 0.6 is 0 Å².